The van der Waals surface area contributed by atoms with Crippen molar-refractivity contribution in [3.05, 3.63) is 23.8 Å². The fraction of sp³-hybridized carbons (Fsp3) is 0.533. The minimum atomic E-state index is -0.535. The van der Waals surface area contributed by atoms with Gasteiger partial charge in [-0.15, -0.1) is 0 Å². The van der Waals surface area contributed by atoms with E-state index in [9.17, 15) is 4.79 Å². The number of amides is 1. The van der Waals surface area contributed by atoms with E-state index in [1.54, 1.807) is 13.2 Å². The van der Waals surface area contributed by atoms with Crippen molar-refractivity contribution in [3.8, 4) is 5.75 Å². The lowest BCUT2D eigenvalue weighted by Gasteiger charge is -2.20. The molecule has 1 rings (SSSR count). The molecule has 0 aliphatic rings. The minimum absolute atomic E-state index is 0.0735. The van der Waals surface area contributed by atoms with E-state index in [1.807, 2.05) is 39.8 Å². The molecule has 1 amide bonds. The highest BCUT2D eigenvalue weighted by molar-refractivity contribution is 5.87. The Labute approximate surface area is 120 Å². The Morgan fingerprint density at radius 1 is 1.40 bits per heavy atom. The molecule has 20 heavy (non-hydrogen) atoms. The normalized spacial score (nSPS) is 12.7. The predicted octanol–water partition coefficient (Wildman–Crippen LogP) is 2.93. The number of methoxy groups -OCH3 is 1. The third kappa shape index (κ3) is 5.48. The van der Waals surface area contributed by atoms with Crippen molar-refractivity contribution in [3.63, 3.8) is 0 Å². The van der Waals surface area contributed by atoms with E-state index in [2.05, 4.69) is 5.32 Å². The SMILES string of the molecule is COc1cc(C[C@@H](C)N)ccc1NC(=O)OC(C)(C)C. The summed E-state index contributed by atoms with van der Waals surface area (Å²) in [6.07, 6.45) is 0.249. The van der Waals surface area contributed by atoms with Gasteiger partial charge < -0.3 is 15.2 Å². The molecule has 5 nitrogen and oxygen atoms in total. The fourth-order valence-corrected chi connectivity index (χ4v) is 1.75. The van der Waals surface area contributed by atoms with Gasteiger partial charge in [-0.05, 0) is 51.8 Å². The summed E-state index contributed by atoms with van der Waals surface area (Å²) in [7, 11) is 1.56. The summed E-state index contributed by atoms with van der Waals surface area (Å²) in [6, 6.07) is 5.65. The molecule has 5 heteroatoms. The second-order valence-electron chi connectivity index (χ2n) is 5.84. The van der Waals surface area contributed by atoms with E-state index < -0.39 is 11.7 Å². The number of nitrogens with two attached hydrogens (primary N) is 1. The quantitative estimate of drug-likeness (QED) is 0.889. The van der Waals surface area contributed by atoms with Crippen LogP contribution < -0.4 is 15.8 Å². The van der Waals surface area contributed by atoms with Gasteiger partial charge in [0.2, 0.25) is 0 Å². The number of hydrogen-bond donors (Lipinski definition) is 2. The second kappa shape index (κ2) is 6.61. The predicted molar refractivity (Wildman–Crippen MR) is 80.2 cm³/mol. The van der Waals surface area contributed by atoms with Crippen LogP contribution in [-0.2, 0) is 11.2 Å². The first-order valence-electron chi connectivity index (χ1n) is 6.64. The average molecular weight is 280 g/mol. The number of anilines is 1. The summed E-state index contributed by atoms with van der Waals surface area (Å²) < 4.78 is 10.5. The Morgan fingerprint density at radius 3 is 2.55 bits per heavy atom. The van der Waals surface area contributed by atoms with Gasteiger partial charge in [0.1, 0.15) is 11.4 Å². The Kier molecular flexibility index (Phi) is 5.39. The lowest BCUT2D eigenvalue weighted by atomic mass is 10.1. The maximum atomic E-state index is 11.8. The molecule has 0 aromatic heterocycles. The van der Waals surface area contributed by atoms with Crippen molar-refractivity contribution in [1.82, 2.24) is 0 Å². The zero-order chi connectivity index (χ0) is 15.3. The first-order chi connectivity index (χ1) is 9.21. The van der Waals surface area contributed by atoms with E-state index in [-0.39, 0.29) is 6.04 Å². The van der Waals surface area contributed by atoms with Crippen molar-refractivity contribution in [2.75, 3.05) is 12.4 Å². The fourth-order valence-electron chi connectivity index (χ4n) is 1.75. The molecule has 1 aromatic carbocycles. The molecule has 0 spiro atoms. The first kappa shape index (κ1) is 16.3. The summed E-state index contributed by atoms with van der Waals surface area (Å²) in [5, 5.41) is 2.68. The molecule has 0 saturated heterocycles. The third-order valence-corrected chi connectivity index (χ3v) is 2.46. The van der Waals surface area contributed by atoms with Crippen LogP contribution in [-0.4, -0.2) is 24.8 Å². The molecule has 0 fully saturated rings. The van der Waals surface area contributed by atoms with Gasteiger partial charge in [0, 0.05) is 6.04 Å². The van der Waals surface area contributed by atoms with Crippen molar-refractivity contribution in [2.45, 2.75) is 45.8 Å². The van der Waals surface area contributed by atoms with E-state index in [4.69, 9.17) is 15.2 Å². The lowest BCUT2D eigenvalue weighted by Crippen LogP contribution is -2.27. The zero-order valence-electron chi connectivity index (χ0n) is 12.8. The Hall–Kier alpha value is -1.75. The van der Waals surface area contributed by atoms with Gasteiger partial charge in [-0.2, -0.15) is 0 Å². The molecule has 0 aliphatic carbocycles. The maximum Gasteiger partial charge on any atom is 0.412 e. The molecule has 3 N–H and O–H groups in total. The molecule has 1 aromatic rings. The molecule has 0 unspecified atom stereocenters. The van der Waals surface area contributed by atoms with Crippen LogP contribution in [0.2, 0.25) is 0 Å². The molecule has 0 aliphatic heterocycles. The van der Waals surface area contributed by atoms with Crippen molar-refractivity contribution >= 4 is 11.8 Å². The summed E-state index contributed by atoms with van der Waals surface area (Å²) in [5.41, 5.74) is 6.88. The highest BCUT2D eigenvalue weighted by Crippen LogP contribution is 2.26. The summed E-state index contributed by atoms with van der Waals surface area (Å²) in [5.74, 6) is 0.592. The number of hydrogen-bond acceptors (Lipinski definition) is 4. The maximum absolute atomic E-state index is 11.8. The van der Waals surface area contributed by atoms with Crippen LogP contribution in [0.5, 0.6) is 5.75 Å². The molecular weight excluding hydrogens is 256 g/mol. The number of benzene rings is 1. The second-order valence-corrected chi connectivity index (χ2v) is 5.84. The Balaban J connectivity index is 2.82. The van der Waals surface area contributed by atoms with Crippen LogP contribution in [0.3, 0.4) is 0 Å². The van der Waals surface area contributed by atoms with E-state index in [0.717, 1.165) is 12.0 Å². The summed E-state index contributed by atoms with van der Waals surface area (Å²) in [4.78, 5) is 11.8. The summed E-state index contributed by atoms with van der Waals surface area (Å²) in [6.45, 7) is 7.39. The van der Waals surface area contributed by atoms with Gasteiger partial charge >= 0.3 is 6.09 Å². The van der Waals surface area contributed by atoms with E-state index in [1.165, 1.54) is 0 Å². The smallest absolute Gasteiger partial charge is 0.412 e. The van der Waals surface area contributed by atoms with Crippen molar-refractivity contribution in [2.24, 2.45) is 5.73 Å². The highest BCUT2D eigenvalue weighted by Gasteiger charge is 2.17. The van der Waals surface area contributed by atoms with Crippen LogP contribution in [0.15, 0.2) is 18.2 Å². The van der Waals surface area contributed by atoms with Crippen LogP contribution in [0.1, 0.15) is 33.3 Å². The largest absolute Gasteiger partial charge is 0.495 e. The third-order valence-electron chi connectivity index (χ3n) is 2.46. The van der Waals surface area contributed by atoms with Crippen LogP contribution in [0.4, 0.5) is 10.5 Å². The monoisotopic (exact) mass is 280 g/mol. The van der Waals surface area contributed by atoms with Gasteiger partial charge in [-0.1, -0.05) is 6.07 Å². The molecule has 112 valence electrons. The highest BCUT2D eigenvalue weighted by atomic mass is 16.6. The minimum Gasteiger partial charge on any atom is -0.495 e. The van der Waals surface area contributed by atoms with Crippen LogP contribution >= 0.6 is 0 Å². The number of nitrogens with one attached hydrogen (secondary N) is 1. The lowest BCUT2D eigenvalue weighted by molar-refractivity contribution is 0.0635. The molecule has 1 atom stereocenters. The van der Waals surface area contributed by atoms with Crippen LogP contribution in [0.25, 0.3) is 0 Å². The number of ether oxygens (including phenoxy) is 2. The number of carbonyl (C=O) groups excluding carboxylic acids is 1. The molecule has 0 heterocycles. The van der Waals surface area contributed by atoms with Crippen molar-refractivity contribution < 1.29 is 14.3 Å². The molecule has 0 bridgehead atoms. The van der Waals surface area contributed by atoms with Gasteiger partial charge in [0.05, 0.1) is 12.8 Å². The Bertz CT molecular complexity index is 465. The van der Waals surface area contributed by atoms with Gasteiger partial charge in [0.15, 0.2) is 0 Å². The standard InChI is InChI=1S/C15H24N2O3/c1-10(16)8-11-6-7-12(13(9-11)19-5)17-14(18)20-15(2,3)4/h6-7,9-10H,8,16H2,1-5H3,(H,17,18)/t10-/m1/s1. The molecule has 0 saturated carbocycles. The first-order valence-corrected chi connectivity index (χ1v) is 6.64. The Morgan fingerprint density at radius 2 is 2.05 bits per heavy atom. The summed E-state index contributed by atoms with van der Waals surface area (Å²) >= 11 is 0. The molecule has 0 radical (unpaired) electrons. The van der Waals surface area contributed by atoms with E-state index >= 15 is 0 Å². The van der Waals surface area contributed by atoms with Crippen LogP contribution in [0, 0.1) is 0 Å². The number of rotatable bonds is 4. The van der Waals surface area contributed by atoms with Gasteiger partial charge in [0.25, 0.3) is 0 Å². The van der Waals surface area contributed by atoms with Gasteiger partial charge in [-0.25, -0.2) is 4.79 Å². The van der Waals surface area contributed by atoms with Gasteiger partial charge in [-0.3, -0.25) is 5.32 Å². The number of carbonyl (C=O) groups is 1. The van der Waals surface area contributed by atoms with E-state index in [0.29, 0.717) is 11.4 Å². The topological polar surface area (TPSA) is 73.6 Å². The van der Waals surface area contributed by atoms with Crippen molar-refractivity contribution in [1.29, 1.82) is 0 Å². The zero-order valence-corrected chi connectivity index (χ0v) is 12.8. The molecular formula is C15H24N2O3. The average Bonchev–Trinajstić information content (AvgIpc) is 2.27.